The predicted molar refractivity (Wildman–Crippen MR) is 81.7 cm³/mol. The topological polar surface area (TPSA) is 61.4 Å². The number of hydrogen-bond donors (Lipinski definition) is 3. The van der Waals surface area contributed by atoms with Crippen LogP contribution in [0.15, 0.2) is 18.2 Å². The van der Waals surface area contributed by atoms with Gasteiger partial charge >= 0.3 is 6.03 Å². The lowest BCUT2D eigenvalue weighted by Gasteiger charge is -2.20. The molecule has 0 atom stereocenters. The zero-order valence-electron chi connectivity index (χ0n) is 12.5. The summed E-state index contributed by atoms with van der Waals surface area (Å²) in [7, 11) is 0. The van der Waals surface area contributed by atoms with Gasteiger partial charge in [-0.05, 0) is 51.5 Å². The summed E-state index contributed by atoms with van der Waals surface area (Å²) < 4.78 is 0. The Morgan fingerprint density at radius 3 is 2.60 bits per heavy atom. The fourth-order valence-electron chi connectivity index (χ4n) is 1.60. The van der Waals surface area contributed by atoms with Crippen LogP contribution in [-0.4, -0.2) is 23.3 Å². The lowest BCUT2D eigenvalue weighted by Crippen LogP contribution is -2.43. The Hall–Kier alpha value is -1.99. The van der Waals surface area contributed by atoms with Gasteiger partial charge in [0.05, 0.1) is 6.61 Å². The first kappa shape index (κ1) is 16.1. The van der Waals surface area contributed by atoms with E-state index in [2.05, 4.69) is 22.5 Å². The first-order chi connectivity index (χ1) is 9.31. The number of rotatable bonds is 2. The molecule has 0 saturated heterocycles. The molecule has 0 aliphatic rings. The van der Waals surface area contributed by atoms with Crippen LogP contribution in [0.4, 0.5) is 10.5 Å². The van der Waals surface area contributed by atoms with E-state index in [0.717, 1.165) is 16.8 Å². The van der Waals surface area contributed by atoms with Crippen molar-refractivity contribution in [3.8, 4) is 11.8 Å². The van der Waals surface area contributed by atoms with Crippen molar-refractivity contribution in [1.29, 1.82) is 0 Å². The molecule has 4 nitrogen and oxygen atoms in total. The molecule has 0 bridgehead atoms. The van der Waals surface area contributed by atoms with Gasteiger partial charge in [0.2, 0.25) is 0 Å². The van der Waals surface area contributed by atoms with E-state index in [9.17, 15) is 4.79 Å². The molecule has 0 aliphatic heterocycles. The molecule has 0 aromatic heterocycles. The van der Waals surface area contributed by atoms with Crippen molar-refractivity contribution in [1.82, 2.24) is 5.32 Å². The average Bonchev–Trinajstić information content (AvgIpc) is 2.29. The maximum atomic E-state index is 11.8. The van der Waals surface area contributed by atoms with E-state index in [4.69, 9.17) is 5.11 Å². The minimum atomic E-state index is -0.269. The molecule has 0 spiro atoms. The Labute approximate surface area is 120 Å². The first-order valence-corrected chi connectivity index (χ1v) is 6.61. The summed E-state index contributed by atoms with van der Waals surface area (Å²) >= 11 is 0. The maximum Gasteiger partial charge on any atom is 0.319 e. The number of amides is 2. The van der Waals surface area contributed by atoms with Gasteiger partial charge in [0, 0.05) is 23.2 Å². The van der Waals surface area contributed by atoms with Gasteiger partial charge in [0.15, 0.2) is 0 Å². The molecule has 0 saturated carbocycles. The van der Waals surface area contributed by atoms with Crippen molar-refractivity contribution in [2.45, 2.75) is 39.7 Å². The molecule has 0 radical (unpaired) electrons. The highest BCUT2D eigenvalue weighted by atomic mass is 16.2. The Bertz CT molecular complexity index is 534. The lowest BCUT2D eigenvalue weighted by atomic mass is 10.1. The molecule has 2 amide bonds. The first-order valence-electron chi connectivity index (χ1n) is 6.61. The van der Waals surface area contributed by atoms with Gasteiger partial charge in [-0.25, -0.2) is 4.79 Å². The summed E-state index contributed by atoms with van der Waals surface area (Å²) in [5.74, 6) is 5.88. The molecule has 108 valence electrons. The predicted octanol–water partition coefficient (Wildman–Crippen LogP) is 2.65. The molecule has 0 unspecified atom stereocenters. The van der Waals surface area contributed by atoms with Gasteiger partial charge in [-0.1, -0.05) is 11.8 Å². The summed E-state index contributed by atoms with van der Waals surface area (Å²) in [5, 5.41) is 14.3. The van der Waals surface area contributed by atoms with Crippen LogP contribution in [0.5, 0.6) is 0 Å². The SMILES string of the molecule is Cc1cc(NC(=O)NC(C)(C)C)ccc1C#CCCO. The molecule has 0 heterocycles. The molecular formula is C16H22N2O2. The quantitative estimate of drug-likeness (QED) is 0.726. The molecule has 1 aromatic rings. The Morgan fingerprint density at radius 2 is 2.05 bits per heavy atom. The molecule has 0 fully saturated rings. The van der Waals surface area contributed by atoms with Crippen molar-refractivity contribution < 1.29 is 9.90 Å². The van der Waals surface area contributed by atoms with Crippen molar-refractivity contribution in [3.63, 3.8) is 0 Å². The van der Waals surface area contributed by atoms with Crippen LogP contribution in [0.1, 0.15) is 38.3 Å². The zero-order valence-corrected chi connectivity index (χ0v) is 12.5. The number of aliphatic hydroxyl groups is 1. The summed E-state index contributed by atoms with van der Waals surface area (Å²) in [4.78, 5) is 11.8. The Morgan fingerprint density at radius 1 is 1.35 bits per heavy atom. The fourth-order valence-corrected chi connectivity index (χ4v) is 1.60. The van der Waals surface area contributed by atoms with Crippen molar-refractivity contribution >= 4 is 11.7 Å². The number of aliphatic hydroxyl groups excluding tert-OH is 1. The molecule has 1 aromatic carbocycles. The van der Waals surface area contributed by atoms with Gasteiger partial charge in [-0.2, -0.15) is 0 Å². The van der Waals surface area contributed by atoms with Gasteiger partial charge in [-0.15, -0.1) is 0 Å². The molecule has 4 heteroatoms. The van der Waals surface area contributed by atoms with Crippen molar-refractivity contribution in [2.24, 2.45) is 0 Å². The molecule has 1 rings (SSSR count). The van der Waals surface area contributed by atoms with Gasteiger partial charge < -0.3 is 15.7 Å². The smallest absolute Gasteiger partial charge is 0.319 e. The van der Waals surface area contributed by atoms with E-state index in [0.29, 0.717) is 6.42 Å². The van der Waals surface area contributed by atoms with Crippen LogP contribution in [0.2, 0.25) is 0 Å². The minimum absolute atomic E-state index is 0.0681. The second-order valence-corrected chi connectivity index (χ2v) is 5.63. The largest absolute Gasteiger partial charge is 0.395 e. The number of hydrogen-bond acceptors (Lipinski definition) is 2. The molecule has 0 aliphatic carbocycles. The zero-order chi connectivity index (χ0) is 15.2. The van der Waals surface area contributed by atoms with Crippen LogP contribution in [-0.2, 0) is 0 Å². The summed E-state index contributed by atoms with van der Waals surface area (Å²) in [5.41, 5.74) is 2.36. The number of anilines is 1. The lowest BCUT2D eigenvalue weighted by molar-refractivity contribution is 0.244. The van der Waals surface area contributed by atoms with E-state index in [-0.39, 0.29) is 18.2 Å². The fraction of sp³-hybridized carbons (Fsp3) is 0.438. The summed E-state index contributed by atoms with van der Waals surface area (Å²) in [6, 6.07) is 5.34. The third kappa shape index (κ3) is 5.77. The number of aryl methyl sites for hydroxylation is 1. The van der Waals surface area contributed by atoms with Crippen LogP contribution in [0, 0.1) is 18.8 Å². The molecule has 20 heavy (non-hydrogen) atoms. The van der Waals surface area contributed by atoms with Crippen LogP contribution >= 0.6 is 0 Å². The standard InChI is InChI=1S/C16H22N2O2/c1-12-11-14(17-15(20)18-16(2,3)4)9-8-13(12)7-5-6-10-19/h8-9,11,19H,6,10H2,1-4H3,(H2,17,18,20). The normalized spacial score (nSPS) is 10.4. The molecular weight excluding hydrogens is 252 g/mol. The second-order valence-electron chi connectivity index (χ2n) is 5.63. The summed E-state index contributed by atoms with van der Waals surface area (Å²) in [6.07, 6.45) is 0.466. The van der Waals surface area contributed by atoms with E-state index < -0.39 is 0 Å². The minimum Gasteiger partial charge on any atom is -0.395 e. The van der Waals surface area contributed by atoms with Crippen LogP contribution in [0.3, 0.4) is 0 Å². The van der Waals surface area contributed by atoms with E-state index in [1.165, 1.54) is 0 Å². The van der Waals surface area contributed by atoms with Gasteiger partial charge in [0.25, 0.3) is 0 Å². The number of benzene rings is 1. The van der Waals surface area contributed by atoms with Crippen molar-refractivity contribution in [3.05, 3.63) is 29.3 Å². The second kappa shape index (κ2) is 6.97. The van der Waals surface area contributed by atoms with Crippen LogP contribution < -0.4 is 10.6 Å². The van der Waals surface area contributed by atoms with Crippen LogP contribution in [0.25, 0.3) is 0 Å². The monoisotopic (exact) mass is 274 g/mol. The van der Waals surface area contributed by atoms with Gasteiger partial charge in [-0.3, -0.25) is 0 Å². The summed E-state index contributed by atoms with van der Waals surface area (Å²) in [6.45, 7) is 7.79. The Balaban J connectivity index is 2.73. The van der Waals surface area contributed by atoms with Crippen molar-refractivity contribution in [2.75, 3.05) is 11.9 Å². The molecule has 3 N–H and O–H groups in total. The van der Waals surface area contributed by atoms with E-state index in [1.54, 1.807) is 0 Å². The average molecular weight is 274 g/mol. The number of nitrogens with one attached hydrogen (secondary N) is 2. The Kier molecular flexibility index (Phi) is 5.60. The highest BCUT2D eigenvalue weighted by Gasteiger charge is 2.13. The third-order valence-electron chi connectivity index (χ3n) is 2.43. The van der Waals surface area contributed by atoms with E-state index in [1.807, 2.05) is 45.9 Å². The highest BCUT2D eigenvalue weighted by molar-refractivity contribution is 5.89. The third-order valence-corrected chi connectivity index (χ3v) is 2.43. The number of carbonyl (C=O) groups excluding carboxylic acids is 1. The van der Waals surface area contributed by atoms with E-state index >= 15 is 0 Å². The number of carbonyl (C=O) groups is 1. The maximum absolute atomic E-state index is 11.8. The van der Waals surface area contributed by atoms with Gasteiger partial charge in [0.1, 0.15) is 0 Å². The highest BCUT2D eigenvalue weighted by Crippen LogP contribution is 2.14. The number of urea groups is 1.